The first-order valence-corrected chi connectivity index (χ1v) is 23.5. The van der Waals surface area contributed by atoms with E-state index in [0.29, 0.717) is 89.3 Å². The first-order valence-electron chi connectivity index (χ1n) is 22.4. The summed E-state index contributed by atoms with van der Waals surface area (Å²) >= 11 is 1.74. The average Bonchev–Trinajstić information content (AvgIpc) is 3.31. The molecule has 1 aliphatic heterocycles. The Morgan fingerprint density at radius 3 is 2.00 bits per heavy atom. The Kier molecular flexibility index (Phi) is 22.2. The zero-order valence-corrected chi connectivity index (χ0v) is 38.2. The number of hydrogen-bond acceptors (Lipinski definition) is 13. The number of carboxylic acids is 2. The summed E-state index contributed by atoms with van der Waals surface area (Å²) < 4.78 is 12.4. The van der Waals surface area contributed by atoms with Gasteiger partial charge in [0.2, 0.25) is 11.8 Å². The standard InChI is InChI=1S/C49H62N6O10S/c56-27-23-53(33-40-13-8-15-43(51-40)48(60)61)25-29-64-35-42(65-30-26-54(24-28-57)34-41-14-9-16-44(52-41)49(62)63)36-66-31-7-1-6-22-50-46(58)20-21-47(59)55-32-39-12-3-2-10-37(39)18-19-38-11-4-5-17-45(38)55/h2-5,8-19,42,56-57H,1,6-7,20-36H2,(H,50,58)(H,60,61)(H,62,63)/b19-18-/t42-/m0/s1. The van der Waals surface area contributed by atoms with Crippen molar-refractivity contribution < 1.29 is 49.1 Å². The molecule has 16 nitrogen and oxygen atoms in total. The van der Waals surface area contributed by atoms with Crippen LogP contribution in [0.25, 0.3) is 12.2 Å². The molecule has 17 heteroatoms. The van der Waals surface area contributed by atoms with Crippen molar-refractivity contribution in [1.82, 2.24) is 25.1 Å². The van der Waals surface area contributed by atoms with E-state index >= 15 is 0 Å². The van der Waals surface area contributed by atoms with Crippen molar-refractivity contribution in [2.45, 2.75) is 57.8 Å². The molecule has 354 valence electrons. The molecule has 0 saturated heterocycles. The summed E-state index contributed by atoms with van der Waals surface area (Å²) in [6, 6.07) is 25.5. The van der Waals surface area contributed by atoms with Crippen molar-refractivity contribution in [2.75, 3.05) is 82.2 Å². The van der Waals surface area contributed by atoms with Crippen LogP contribution in [-0.2, 0) is 38.7 Å². The summed E-state index contributed by atoms with van der Waals surface area (Å²) in [5, 5.41) is 41.1. The SMILES string of the molecule is O=C(CCC(=O)N1Cc2ccccc2/C=C\c2ccccc21)NCCCCCSC[C@H](COCCN(CCO)Cc1cccc(C(=O)O)n1)OCCN(CCO)Cc1cccc(C(=O)O)n1. The van der Waals surface area contributed by atoms with E-state index < -0.39 is 11.9 Å². The van der Waals surface area contributed by atoms with E-state index in [1.54, 1.807) is 40.9 Å². The maximum Gasteiger partial charge on any atom is 0.354 e. The zero-order valence-electron chi connectivity index (χ0n) is 37.3. The molecule has 2 amide bonds. The van der Waals surface area contributed by atoms with E-state index in [1.165, 1.54) is 12.1 Å². The molecular formula is C49H62N6O10S. The third-order valence-electron chi connectivity index (χ3n) is 10.8. The molecular weight excluding hydrogens is 865 g/mol. The van der Waals surface area contributed by atoms with Crippen LogP contribution in [0.4, 0.5) is 5.69 Å². The molecule has 2 aromatic heterocycles. The third-order valence-corrected chi connectivity index (χ3v) is 12.0. The Bertz CT molecular complexity index is 2190. The lowest BCUT2D eigenvalue weighted by Gasteiger charge is -2.27. The van der Waals surface area contributed by atoms with Gasteiger partial charge in [0.05, 0.1) is 62.8 Å². The molecule has 0 unspecified atom stereocenters. The van der Waals surface area contributed by atoms with Crippen LogP contribution in [0.15, 0.2) is 84.9 Å². The zero-order chi connectivity index (χ0) is 46.9. The number of carbonyl (C=O) groups excluding carboxylic acids is 2. The van der Waals surface area contributed by atoms with Crippen LogP contribution in [0.5, 0.6) is 0 Å². The van der Waals surface area contributed by atoms with Crippen LogP contribution in [-0.4, -0.2) is 147 Å². The minimum atomic E-state index is -1.11. The van der Waals surface area contributed by atoms with Crippen molar-refractivity contribution in [3.8, 4) is 0 Å². The number of aromatic nitrogens is 2. The van der Waals surface area contributed by atoms with Crippen molar-refractivity contribution in [3.63, 3.8) is 0 Å². The second kappa shape index (κ2) is 28.5. The highest BCUT2D eigenvalue weighted by Crippen LogP contribution is 2.29. The van der Waals surface area contributed by atoms with Gasteiger partial charge in [0.15, 0.2) is 0 Å². The topological polar surface area (TPSA) is 215 Å². The lowest BCUT2D eigenvalue weighted by Crippen LogP contribution is -2.34. The number of hydrogen-bond donors (Lipinski definition) is 5. The third kappa shape index (κ3) is 17.7. The van der Waals surface area contributed by atoms with Crippen LogP contribution < -0.4 is 10.2 Å². The van der Waals surface area contributed by atoms with E-state index in [4.69, 9.17) is 9.47 Å². The van der Waals surface area contributed by atoms with Gasteiger partial charge in [-0.2, -0.15) is 11.8 Å². The minimum absolute atomic E-state index is 0.0455. The van der Waals surface area contributed by atoms with Crippen molar-refractivity contribution in [3.05, 3.63) is 124 Å². The van der Waals surface area contributed by atoms with Gasteiger partial charge in [-0.25, -0.2) is 19.6 Å². The second-order valence-corrected chi connectivity index (χ2v) is 16.9. The molecule has 0 fully saturated rings. The summed E-state index contributed by atoms with van der Waals surface area (Å²) in [4.78, 5) is 63.3. The highest BCUT2D eigenvalue weighted by atomic mass is 32.2. The van der Waals surface area contributed by atoms with Crippen LogP contribution in [0.2, 0.25) is 0 Å². The van der Waals surface area contributed by atoms with Gasteiger partial charge in [-0.1, -0.05) is 73.2 Å². The molecule has 3 heterocycles. The van der Waals surface area contributed by atoms with Crippen LogP contribution in [0.3, 0.4) is 0 Å². The lowest BCUT2D eigenvalue weighted by atomic mass is 10.0. The number of nitrogens with zero attached hydrogens (tertiary/aromatic N) is 5. The normalized spacial score (nSPS) is 13.1. The molecule has 0 radical (unpaired) electrons. The van der Waals surface area contributed by atoms with Gasteiger partial charge >= 0.3 is 11.9 Å². The largest absolute Gasteiger partial charge is 0.477 e. The summed E-state index contributed by atoms with van der Waals surface area (Å²) in [7, 11) is 0. The first-order chi connectivity index (χ1) is 32.1. The minimum Gasteiger partial charge on any atom is -0.477 e. The number of thioether (sulfide) groups is 1. The molecule has 4 aromatic rings. The Labute approximate surface area is 390 Å². The fraction of sp³-hybridized carbons (Fsp3) is 0.429. The number of nitrogens with one attached hydrogen (secondary N) is 1. The van der Waals surface area contributed by atoms with Crippen molar-refractivity contribution >= 4 is 53.4 Å². The van der Waals surface area contributed by atoms with Gasteiger partial charge in [0, 0.05) is 64.4 Å². The number of unbranched alkanes of at least 4 members (excludes halogenated alkanes) is 2. The summed E-state index contributed by atoms with van der Waals surface area (Å²) in [6.07, 6.45) is 6.68. The molecule has 5 rings (SSSR count). The fourth-order valence-corrected chi connectivity index (χ4v) is 8.35. The second-order valence-electron chi connectivity index (χ2n) is 15.8. The number of fused-ring (bicyclic) bond motifs is 2. The molecule has 0 spiro atoms. The number of aromatic carboxylic acids is 2. The Morgan fingerprint density at radius 1 is 0.712 bits per heavy atom. The molecule has 0 aliphatic carbocycles. The summed E-state index contributed by atoms with van der Waals surface area (Å²) in [6.45, 7) is 4.08. The number of aliphatic hydroxyl groups excluding tert-OH is 2. The van der Waals surface area contributed by atoms with E-state index in [1.807, 2.05) is 64.4 Å². The number of anilines is 1. The maximum atomic E-state index is 13.5. The van der Waals surface area contributed by atoms with Crippen LogP contribution in [0, 0.1) is 0 Å². The van der Waals surface area contributed by atoms with Gasteiger partial charge in [-0.15, -0.1) is 0 Å². The van der Waals surface area contributed by atoms with Gasteiger partial charge < -0.3 is 40.1 Å². The first kappa shape index (κ1) is 51.5. The van der Waals surface area contributed by atoms with Gasteiger partial charge in [0.25, 0.3) is 0 Å². The van der Waals surface area contributed by atoms with Crippen LogP contribution >= 0.6 is 11.8 Å². The molecule has 0 bridgehead atoms. The van der Waals surface area contributed by atoms with Gasteiger partial charge in [0.1, 0.15) is 11.4 Å². The predicted octanol–water partition coefficient (Wildman–Crippen LogP) is 5.08. The number of carbonyl (C=O) groups is 4. The predicted molar refractivity (Wildman–Crippen MR) is 254 cm³/mol. The van der Waals surface area contributed by atoms with Crippen molar-refractivity contribution in [2.24, 2.45) is 0 Å². The van der Waals surface area contributed by atoms with Gasteiger partial charge in [-0.3, -0.25) is 19.4 Å². The van der Waals surface area contributed by atoms with Crippen molar-refractivity contribution in [1.29, 1.82) is 0 Å². The smallest absolute Gasteiger partial charge is 0.354 e. The lowest BCUT2D eigenvalue weighted by molar-refractivity contribution is -0.125. The van der Waals surface area contributed by atoms with E-state index in [9.17, 15) is 39.6 Å². The monoisotopic (exact) mass is 926 g/mol. The molecule has 66 heavy (non-hydrogen) atoms. The molecule has 0 saturated carbocycles. The molecule has 1 aliphatic rings. The molecule has 2 aromatic carbocycles. The van der Waals surface area contributed by atoms with Crippen LogP contribution in [0.1, 0.15) is 81.2 Å². The Morgan fingerprint density at radius 2 is 1.33 bits per heavy atom. The van der Waals surface area contributed by atoms with E-state index in [0.717, 1.165) is 47.4 Å². The number of ether oxygens (including phenoxy) is 2. The highest BCUT2D eigenvalue weighted by Gasteiger charge is 2.22. The molecule has 5 N–H and O–H groups in total. The maximum absolute atomic E-state index is 13.5. The summed E-state index contributed by atoms with van der Waals surface area (Å²) in [5.74, 6) is -0.944. The average molecular weight is 927 g/mol. The number of benzene rings is 2. The Balaban J connectivity index is 1.04. The number of para-hydroxylation sites is 1. The quantitative estimate of drug-likeness (QED) is 0.0432. The summed E-state index contributed by atoms with van der Waals surface area (Å²) in [5.41, 5.74) is 4.94. The molecule has 1 atom stereocenters. The Hall–Kier alpha value is -5.53. The number of rotatable bonds is 30. The number of carboxylic acid groups (broad SMARTS) is 2. The number of amides is 2. The van der Waals surface area contributed by atoms with E-state index in [-0.39, 0.29) is 55.4 Å². The van der Waals surface area contributed by atoms with E-state index in [2.05, 4.69) is 21.4 Å². The fourth-order valence-electron chi connectivity index (χ4n) is 7.32. The number of pyridine rings is 2. The highest BCUT2D eigenvalue weighted by molar-refractivity contribution is 7.99. The van der Waals surface area contributed by atoms with Gasteiger partial charge in [-0.05, 0) is 65.6 Å². The number of aliphatic hydroxyl groups is 2.